The van der Waals surface area contributed by atoms with E-state index in [4.69, 9.17) is 11.6 Å². The number of halogens is 1. The van der Waals surface area contributed by atoms with E-state index in [0.717, 1.165) is 25.1 Å². The van der Waals surface area contributed by atoms with Crippen molar-refractivity contribution in [1.82, 2.24) is 9.47 Å². The molecule has 6 heteroatoms. The van der Waals surface area contributed by atoms with E-state index in [1.54, 1.807) is 12.1 Å². The minimum Gasteiger partial charge on any atom is -0.350 e. The second-order valence-corrected chi connectivity index (χ2v) is 8.15. The third-order valence-electron chi connectivity index (χ3n) is 5.69. The van der Waals surface area contributed by atoms with E-state index in [2.05, 4.69) is 59.8 Å². The van der Waals surface area contributed by atoms with Crippen molar-refractivity contribution in [3.63, 3.8) is 0 Å². The van der Waals surface area contributed by atoms with Gasteiger partial charge >= 0.3 is 0 Å². The molecule has 0 radical (unpaired) electrons. The number of nitro groups is 1. The molecular weight excluding hydrogens is 386 g/mol. The summed E-state index contributed by atoms with van der Waals surface area (Å²) in [5.41, 5.74) is 5.86. The second-order valence-electron chi connectivity index (χ2n) is 7.75. The first-order valence-electron chi connectivity index (χ1n) is 9.83. The van der Waals surface area contributed by atoms with Gasteiger partial charge < -0.3 is 4.57 Å². The Labute approximate surface area is 175 Å². The molecule has 1 aromatic heterocycles. The summed E-state index contributed by atoms with van der Waals surface area (Å²) in [4.78, 5) is 13.3. The average molecular weight is 410 g/mol. The maximum atomic E-state index is 11.2. The maximum Gasteiger partial charge on any atom is 0.269 e. The number of rotatable bonds is 4. The number of aryl methyl sites for hydroxylation is 3. The lowest BCUT2D eigenvalue weighted by Crippen LogP contribution is -2.30. The molecule has 0 fully saturated rings. The van der Waals surface area contributed by atoms with Crippen molar-refractivity contribution in [3.05, 3.63) is 97.8 Å². The number of benzene rings is 2. The first-order chi connectivity index (χ1) is 13.9. The molecule has 0 aliphatic carbocycles. The summed E-state index contributed by atoms with van der Waals surface area (Å²) in [7, 11) is 0. The fraction of sp³-hybridized carbons (Fsp3) is 0.304. The van der Waals surface area contributed by atoms with Crippen LogP contribution in [-0.2, 0) is 13.1 Å². The van der Waals surface area contributed by atoms with E-state index in [1.165, 1.54) is 28.5 Å². The number of hydrogen-bond acceptors (Lipinski definition) is 3. The smallest absolute Gasteiger partial charge is 0.269 e. The highest BCUT2D eigenvalue weighted by atomic mass is 35.5. The van der Waals surface area contributed by atoms with Crippen LogP contribution in [-0.4, -0.2) is 20.9 Å². The Kier molecular flexibility index (Phi) is 5.43. The van der Waals surface area contributed by atoms with Crippen molar-refractivity contribution < 1.29 is 4.92 Å². The molecule has 2 aromatic carbocycles. The largest absolute Gasteiger partial charge is 0.350 e. The molecule has 0 N–H and O–H groups in total. The second kappa shape index (κ2) is 8.01. The van der Waals surface area contributed by atoms with Crippen LogP contribution in [0.15, 0.2) is 54.7 Å². The highest BCUT2D eigenvalue weighted by Crippen LogP contribution is 2.36. The number of fused-ring (bicyclic) bond motifs is 1. The average Bonchev–Trinajstić information content (AvgIpc) is 3.06. The van der Waals surface area contributed by atoms with Crippen LogP contribution >= 0.6 is 11.6 Å². The maximum absolute atomic E-state index is 11.2. The van der Waals surface area contributed by atoms with Gasteiger partial charge in [-0.25, -0.2) is 0 Å². The molecule has 0 amide bonds. The molecule has 5 nitrogen and oxygen atoms in total. The van der Waals surface area contributed by atoms with E-state index in [1.807, 2.05) is 0 Å². The summed E-state index contributed by atoms with van der Waals surface area (Å²) in [5, 5.41) is 11.8. The number of aromatic nitrogens is 1. The van der Waals surface area contributed by atoms with Crippen molar-refractivity contribution in [1.29, 1.82) is 0 Å². The highest BCUT2D eigenvalue weighted by molar-refractivity contribution is 6.31. The normalized spacial score (nSPS) is 17.0. The Morgan fingerprint density at radius 2 is 1.97 bits per heavy atom. The predicted octanol–water partition coefficient (Wildman–Crippen LogP) is 5.66. The molecule has 2 heterocycles. The number of hydrogen-bond donors (Lipinski definition) is 0. The van der Waals surface area contributed by atoms with Gasteiger partial charge in [0.05, 0.1) is 11.0 Å². The molecule has 1 unspecified atom stereocenters. The lowest BCUT2D eigenvalue weighted by Gasteiger charge is -2.32. The van der Waals surface area contributed by atoms with Gasteiger partial charge in [0, 0.05) is 48.7 Å². The first-order valence-corrected chi connectivity index (χ1v) is 10.2. The standard InChI is InChI=1S/C23H24ClN3O2/c1-16-6-8-20(17(2)13-16)23-22-5-3-10-25(22)11-4-12-26(23)15-18-14-19(27(28)29)7-9-21(18)24/h3,5-10,13-14,23H,4,11-12,15H2,1-2H3. The van der Waals surface area contributed by atoms with Gasteiger partial charge in [-0.3, -0.25) is 15.0 Å². The Balaban J connectivity index is 1.78. The summed E-state index contributed by atoms with van der Waals surface area (Å²) in [6, 6.07) is 15.6. The van der Waals surface area contributed by atoms with Gasteiger partial charge in [-0.2, -0.15) is 0 Å². The molecule has 3 aromatic rings. The van der Waals surface area contributed by atoms with E-state index in [-0.39, 0.29) is 16.7 Å². The Hall–Kier alpha value is -2.63. The Bertz CT molecular complexity index is 1060. The summed E-state index contributed by atoms with van der Waals surface area (Å²) in [5.74, 6) is 0. The Morgan fingerprint density at radius 3 is 2.72 bits per heavy atom. The quantitative estimate of drug-likeness (QED) is 0.412. The van der Waals surface area contributed by atoms with Crippen LogP contribution in [0, 0.1) is 24.0 Å². The van der Waals surface area contributed by atoms with Crippen molar-refractivity contribution >= 4 is 17.3 Å². The molecule has 0 bridgehead atoms. The topological polar surface area (TPSA) is 51.3 Å². The summed E-state index contributed by atoms with van der Waals surface area (Å²) < 4.78 is 2.32. The third-order valence-corrected chi connectivity index (χ3v) is 6.06. The van der Waals surface area contributed by atoms with E-state index in [0.29, 0.717) is 11.6 Å². The van der Waals surface area contributed by atoms with Gasteiger partial charge in [0.15, 0.2) is 0 Å². The van der Waals surface area contributed by atoms with Crippen LogP contribution in [0.2, 0.25) is 5.02 Å². The van der Waals surface area contributed by atoms with E-state index < -0.39 is 0 Å². The minimum absolute atomic E-state index is 0.0726. The predicted molar refractivity (Wildman–Crippen MR) is 115 cm³/mol. The molecule has 0 spiro atoms. The number of nitro benzene ring substituents is 1. The summed E-state index contributed by atoms with van der Waals surface area (Å²) >= 11 is 6.43. The van der Waals surface area contributed by atoms with Gasteiger partial charge in [0.25, 0.3) is 5.69 Å². The number of nitrogens with zero attached hydrogens (tertiary/aromatic N) is 3. The summed E-state index contributed by atoms with van der Waals surface area (Å²) in [6.07, 6.45) is 3.14. The lowest BCUT2D eigenvalue weighted by atomic mass is 9.95. The SMILES string of the molecule is Cc1ccc(C2c3cccn3CCCN2Cc2cc([N+](=O)[O-])ccc2Cl)c(C)c1. The minimum atomic E-state index is -0.366. The lowest BCUT2D eigenvalue weighted by molar-refractivity contribution is -0.384. The zero-order valence-electron chi connectivity index (χ0n) is 16.6. The molecular formula is C23H24ClN3O2. The fourth-order valence-corrected chi connectivity index (χ4v) is 4.49. The van der Waals surface area contributed by atoms with Crippen LogP contribution < -0.4 is 0 Å². The molecule has 1 aliphatic rings. The molecule has 1 atom stereocenters. The summed E-state index contributed by atoms with van der Waals surface area (Å²) in [6.45, 7) is 6.66. The van der Waals surface area contributed by atoms with Gasteiger partial charge in [-0.15, -0.1) is 0 Å². The zero-order chi connectivity index (χ0) is 20.5. The van der Waals surface area contributed by atoms with Gasteiger partial charge in [-0.1, -0.05) is 35.4 Å². The Morgan fingerprint density at radius 1 is 1.14 bits per heavy atom. The molecule has 1 aliphatic heterocycles. The van der Waals surface area contributed by atoms with Gasteiger partial charge in [0.2, 0.25) is 0 Å². The molecule has 4 rings (SSSR count). The van der Waals surface area contributed by atoms with Crippen molar-refractivity contribution in [2.45, 2.75) is 39.4 Å². The third kappa shape index (κ3) is 3.93. The van der Waals surface area contributed by atoms with Gasteiger partial charge in [0.1, 0.15) is 0 Å². The van der Waals surface area contributed by atoms with Gasteiger partial charge in [-0.05, 0) is 55.2 Å². The van der Waals surface area contributed by atoms with E-state index in [9.17, 15) is 10.1 Å². The fourth-order valence-electron chi connectivity index (χ4n) is 4.31. The van der Waals surface area contributed by atoms with Crippen molar-refractivity contribution in [2.75, 3.05) is 6.54 Å². The van der Waals surface area contributed by atoms with E-state index >= 15 is 0 Å². The van der Waals surface area contributed by atoms with Crippen LogP contribution in [0.1, 0.15) is 40.4 Å². The van der Waals surface area contributed by atoms with Crippen LogP contribution in [0.5, 0.6) is 0 Å². The van der Waals surface area contributed by atoms with Crippen molar-refractivity contribution in [2.24, 2.45) is 0 Å². The monoisotopic (exact) mass is 409 g/mol. The molecule has 150 valence electrons. The molecule has 0 saturated carbocycles. The first kappa shape index (κ1) is 19.7. The number of non-ortho nitro benzene ring substituents is 1. The van der Waals surface area contributed by atoms with Crippen molar-refractivity contribution in [3.8, 4) is 0 Å². The van der Waals surface area contributed by atoms with Crippen LogP contribution in [0.25, 0.3) is 0 Å². The van der Waals surface area contributed by atoms with Crippen LogP contribution in [0.3, 0.4) is 0 Å². The van der Waals surface area contributed by atoms with Crippen LogP contribution in [0.4, 0.5) is 5.69 Å². The molecule has 29 heavy (non-hydrogen) atoms. The molecule has 0 saturated heterocycles. The highest BCUT2D eigenvalue weighted by Gasteiger charge is 2.29. The zero-order valence-corrected chi connectivity index (χ0v) is 17.4.